The third-order valence-corrected chi connectivity index (χ3v) is 7.48. The van der Waals surface area contributed by atoms with E-state index in [1.165, 1.54) is 61.7 Å². The van der Waals surface area contributed by atoms with Gasteiger partial charge in [0.05, 0.1) is 6.04 Å². The zero-order valence-corrected chi connectivity index (χ0v) is 22.7. The molecule has 0 aliphatic carbocycles. The number of thiazole rings is 1. The molecule has 1 aromatic heterocycles. The van der Waals surface area contributed by atoms with Crippen molar-refractivity contribution >= 4 is 35.0 Å². The third kappa shape index (κ3) is 6.81. The van der Waals surface area contributed by atoms with E-state index in [4.69, 9.17) is 4.74 Å². The van der Waals surface area contributed by atoms with Crippen molar-refractivity contribution in [2.75, 3.05) is 13.6 Å². The number of carbonyl (C=O) groups is 4. The second-order valence-corrected chi connectivity index (χ2v) is 10.2. The Morgan fingerprint density at radius 2 is 1.85 bits per heavy atom. The lowest BCUT2D eigenvalue weighted by Gasteiger charge is -2.29. The number of likely N-dealkylation sites (tertiary alicyclic amines) is 1. The fourth-order valence-corrected chi connectivity index (χ4v) is 5.36. The van der Waals surface area contributed by atoms with Crippen LogP contribution in [0.2, 0.25) is 0 Å². The van der Waals surface area contributed by atoms with Crippen LogP contribution >= 0.6 is 11.3 Å². The lowest BCUT2D eigenvalue weighted by atomic mass is 10.0. The van der Waals surface area contributed by atoms with Crippen LogP contribution in [-0.2, 0) is 20.7 Å². The van der Waals surface area contributed by atoms with Crippen LogP contribution in [0.4, 0.5) is 9.18 Å². The van der Waals surface area contributed by atoms with E-state index < -0.39 is 36.0 Å². The maximum atomic E-state index is 13.8. The Labute approximate surface area is 234 Å². The summed E-state index contributed by atoms with van der Waals surface area (Å²) in [5.74, 6) is -1.71. The summed E-state index contributed by atoms with van der Waals surface area (Å²) in [5, 5.41) is 16.8. The Hall–Kier alpha value is -4.32. The van der Waals surface area contributed by atoms with Crippen molar-refractivity contribution in [2.24, 2.45) is 0 Å². The molecule has 10 nitrogen and oxygen atoms in total. The molecule has 1 aliphatic heterocycles. The maximum absolute atomic E-state index is 13.8. The van der Waals surface area contributed by atoms with Gasteiger partial charge >= 0.3 is 6.09 Å². The van der Waals surface area contributed by atoms with E-state index in [-0.39, 0.29) is 29.6 Å². The van der Waals surface area contributed by atoms with Crippen molar-refractivity contribution in [3.8, 4) is 5.75 Å². The molecule has 2 unspecified atom stereocenters. The molecule has 0 saturated carbocycles. The van der Waals surface area contributed by atoms with E-state index in [0.29, 0.717) is 35.5 Å². The number of hydrogen-bond donors (Lipinski definition) is 3. The quantitative estimate of drug-likeness (QED) is 0.337. The number of nitrogens with one attached hydrogen (secondary N) is 2. The number of nitrogens with zero attached hydrogens (tertiary/aromatic N) is 2. The van der Waals surface area contributed by atoms with Crippen LogP contribution in [0.3, 0.4) is 0 Å². The highest BCUT2D eigenvalue weighted by Crippen LogP contribution is 2.35. The molecular weight excluding hydrogens is 539 g/mol. The van der Waals surface area contributed by atoms with Crippen molar-refractivity contribution in [1.82, 2.24) is 20.5 Å². The molecule has 3 amide bonds. The third-order valence-electron chi connectivity index (χ3n) is 6.53. The van der Waals surface area contributed by atoms with Gasteiger partial charge in [-0.2, -0.15) is 0 Å². The molecule has 12 heteroatoms. The molecule has 1 aliphatic rings. The Bertz CT molecular complexity index is 1380. The minimum absolute atomic E-state index is 0.0672. The Morgan fingerprint density at radius 3 is 2.52 bits per heavy atom. The number of rotatable bonds is 9. The number of aromatic hydroxyl groups is 1. The van der Waals surface area contributed by atoms with E-state index in [1.54, 1.807) is 22.4 Å². The first-order valence-corrected chi connectivity index (χ1v) is 13.6. The molecule has 210 valence electrons. The number of phenols is 1. The van der Waals surface area contributed by atoms with E-state index in [0.717, 1.165) is 0 Å². The maximum Gasteiger partial charge on any atom is 0.407 e. The van der Waals surface area contributed by atoms with Gasteiger partial charge in [0.1, 0.15) is 28.3 Å². The summed E-state index contributed by atoms with van der Waals surface area (Å²) in [5.41, 5.74) is 1.22. The van der Waals surface area contributed by atoms with Crippen molar-refractivity contribution in [1.29, 1.82) is 0 Å². The Balaban J connectivity index is 1.54. The van der Waals surface area contributed by atoms with Crippen molar-refractivity contribution in [3.05, 3.63) is 81.6 Å². The highest BCUT2D eigenvalue weighted by molar-refractivity contribution is 7.10. The number of hydrogen-bond acceptors (Lipinski definition) is 8. The largest absolute Gasteiger partial charge is 0.508 e. The number of halogens is 1. The predicted octanol–water partition coefficient (Wildman–Crippen LogP) is 3.35. The number of carbonyl (C=O) groups excluding carboxylic acids is 4. The summed E-state index contributed by atoms with van der Waals surface area (Å²) < 4.78 is 18.3. The molecular formula is C28H29FN4O6S. The lowest BCUT2D eigenvalue weighted by Crippen LogP contribution is -2.52. The normalized spacial score (nSPS) is 16.2. The lowest BCUT2D eigenvalue weighted by molar-refractivity contribution is -0.139. The molecule has 3 atom stereocenters. The first-order valence-electron chi connectivity index (χ1n) is 12.7. The SMILES string of the molecule is CNC(=O)OC(C)C(=O)NC(Cc1ccc(O)cc1)C(=O)N1CCC[C@H]1c1nc(C(=O)c2ccc(F)cc2)cs1. The summed E-state index contributed by atoms with van der Waals surface area (Å²) in [6.45, 7) is 1.83. The number of aromatic nitrogens is 1. The minimum atomic E-state index is -1.15. The van der Waals surface area contributed by atoms with E-state index in [9.17, 15) is 28.7 Å². The van der Waals surface area contributed by atoms with Gasteiger partial charge in [0.25, 0.3) is 5.91 Å². The van der Waals surface area contributed by atoms with Gasteiger partial charge in [0.15, 0.2) is 6.10 Å². The summed E-state index contributed by atoms with van der Waals surface area (Å²) >= 11 is 1.26. The average Bonchev–Trinajstić information content (AvgIpc) is 3.63. The summed E-state index contributed by atoms with van der Waals surface area (Å²) in [6, 6.07) is 10.1. The molecule has 2 heterocycles. The van der Waals surface area contributed by atoms with Crippen LogP contribution in [-0.4, -0.2) is 64.4 Å². The van der Waals surface area contributed by atoms with Crippen molar-refractivity contribution < 1.29 is 33.4 Å². The van der Waals surface area contributed by atoms with Crippen LogP contribution in [0.25, 0.3) is 0 Å². The molecule has 2 aromatic carbocycles. The highest BCUT2D eigenvalue weighted by Gasteiger charge is 2.37. The van der Waals surface area contributed by atoms with Crippen molar-refractivity contribution in [2.45, 2.75) is 44.4 Å². The zero-order chi connectivity index (χ0) is 28.8. The minimum Gasteiger partial charge on any atom is -0.508 e. The second-order valence-electron chi connectivity index (χ2n) is 9.33. The molecule has 40 heavy (non-hydrogen) atoms. The number of ketones is 1. The topological polar surface area (TPSA) is 138 Å². The summed E-state index contributed by atoms with van der Waals surface area (Å²) in [7, 11) is 1.37. The fourth-order valence-electron chi connectivity index (χ4n) is 4.41. The van der Waals surface area contributed by atoms with E-state index in [1.807, 2.05) is 0 Å². The Morgan fingerprint density at radius 1 is 1.15 bits per heavy atom. The molecule has 0 spiro atoms. The van der Waals surface area contributed by atoms with Gasteiger partial charge in [0, 0.05) is 31.0 Å². The first-order chi connectivity index (χ1) is 19.2. The smallest absolute Gasteiger partial charge is 0.407 e. The van der Waals surface area contributed by atoms with E-state index >= 15 is 0 Å². The number of alkyl carbamates (subject to hydrolysis) is 1. The van der Waals surface area contributed by atoms with E-state index in [2.05, 4.69) is 15.6 Å². The summed E-state index contributed by atoms with van der Waals surface area (Å²) in [4.78, 5) is 57.3. The standard InChI is InChI=1S/C28H29FN4O6S/c1-16(39-28(38)30-2)25(36)31-21(14-17-5-11-20(34)12-6-17)27(37)33-13-3-4-23(33)26-32-22(15-40-26)24(35)18-7-9-19(29)10-8-18/h5-12,15-16,21,23,34H,3-4,13-14H2,1-2H3,(H,30,38)(H,31,36)/t16?,21?,23-/m0/s1. The van der Waals surface area contributed by atoms with Gasteiger partial charge in [-0.15, -0.1) is 11.3 Å². The van der Waals surface area contributed by atoms with Gasteiger partial charge < -0.3 is 25.4 Å². The molecule has 0 radical (unpaired) electrons. The van der Waals surface area contributed by atoms with Crippen molar-refractivity contribution in [3.63, 3.8) is 0 Å². The molecule has 4 rings (SSSR count). The fraction of sp³-hybridized carbons (Fsp3) is 0.321. The molecule has 0 bridgehead atoms. The molecule has 3 N–H and O–H groups in total. The number of benzene rings is 2. The van der Waals surface area contributed by atoms with Gasteiger partial charge in [-0.05, 0) is 61.7 Å². The van der Waals surface area contributed by atoms with Crippen LogP contribution in [0.5, 0.6) is 5.75 Å². The first kappa shape index (κ1) is 28.7. The predicted molar refractivity (Wildman–Crippen MR) is 144 cm³/mol. The van der Waals surface area contributed by atoms with Gasteiger partial charge in [-0.1, -0.05) is 12.1 Å². The number of phenolic OH excluding ortho intramolecular Hbond substituents is 1. The number of ether oxygens (including phenoxy) is 1. The highest BCUT2D eigenvalue weighted by atomic mass is 32.1. The molecule has 1 saturated heterocycles. The van der Waals surface area contributed by atoms with Crippen LogP contribution in [0.1, 0.15) is 52.4 Å². The van der Waals surface area contributed by atoms with Gasteiger partial charge in [-0.3, -0.25) is 14.4 Å². The van der Waals surface area contributed by atoms with Crippen LogP contribution < -0.4 is 10.6 Å². The molecule has 1 fully saturated rings. The van der Waals surface area contributed by atoms with Crippen LogP contribution in [0.15, 0.2) is 53.9 Å². The number of amides is 3. The van der Waals surface area contributed by atoms with Gasteiger partial charge in [0.2, 0.25) is 11.7 Å². The summed E-state index contributed by atoms with van der Waals surface area (Å²) in [6.07, 6.45) is -0.471. The van der Waals surface area contributed by atoms with Gasteiger partial charge in [-0.25, -0.2) is 14.2 Å². The van der Waals surface area contributed by atoms with Crippen LogP contribution in [0, 0.1) is 5.82 Å². The second kappa shape index (κ2) is 12.7. The zero-order valence-electron chi connectivity index (χ0n) is 21.9. The molecule has 3 aromatic rings. The monoisotopic (exact) mass is 568 g/mol. The Kier molecular flexibility index (Phi) is 9.10. The average molecular weight is 569 g/mol.